The molecule has 0 aromatic rings. The summed E-state index contributed by atoms with van der Waals surface area (Å²) >= 11 is 0. The fourth-order valence-corrected chi connectivity index (χ4v) is 2.81. The van der Waals surface area contributed by atoms with E-state index in [1.54, 1.807) is 13.8 Å². The molecular formula is C15H27NO3. The van der Waals surface area contributed by atoms with Crippen LogP contribution in [0.15, 0.2) is 0 Å². The zero-order chi connectivity index (χ0) is 14.4. The van der Waals surface area contributed by atoms with E-state index < -0.39 is 11.9 Å². The number of carbonyl (C=O) groups is 2. The first kappa shape index (κ1) is 16.0. The third-order valence-electron chi connectivity index (χ3n) is 4.49. The van der Waals surface area contributed by atoms with Gasteiger partial charge in [-0.2, -0.15) is 0 Å². The Balaban J connectivity index is 2.35. The minimum atomic E-state index is -0.867. The summed E-state index contributed by atoms with van der Waals surface area (Å²) in [4.78, 5) is 22.8. The van der Waals surface area contributed by atoms with Crippen LogP contribution in [-0.2, 0) is 9.59 Å². The van der Waals surface area contributed by atoms with E-state index in [0.717, 1.165) is 0 Å². The molecule has 1 rings (SSSR count). The number of aliphatic carboxylic acids is 1. The minimum absolute atomic E-state index is 0.0151. The summed E-state index contributed by atoms with van der Waals surface area (Å²) < 4.78 is 0. The predicted molar refractivity (Wildman–Crippen MR) is 74.8 cm³/mol. The Morgan fingerprint density at radius 2 is 1.74 bits per heavy atom. The zero-order valence-electron chi connectivity index (χ0n) is 12.3. The van der Waals surface area contributed by atoms with Gasteiger partial charge >= 0.3 is 5.97 Å². The SMILES string of the molecule is CC(CC(=O)NC(C)C(C)C(=O)O)C1CCCCC1. The summed E-state index contributed by atoms with van der Waals surface area (Å²) in [6, 6.07) is -0.316. The van der Waals surface area contributed by atoms with Crippen molar-refractivity contribution in [2.45, 2.75) is 65.3 Å². The Labute approximate surface area is 116 Å². The quantitative estimate of drug-likeness (QED) is 0.779. The van der Waals surface area contributed by atoms with Crippen LogP contribution in [0.3, 0.4) is 0 Å². The molecule has 3 atom stereocenters. The molecule has 0 aromatic carbocycles. The van der Waals surface area contributed by atoms with Gasteiger partial charge in [0.2, 0.25) is 5.91 Å². The summed E-state index contributed by atoms with van der Waals surface area (Å²) in [6.45, 7) is 5.51. The van der Waals surface area contributed by atoms with Crippen molar-refractivity contribution in [2.24, 2.45) is 17.8 Å². The maximum absolute atomic E-state index is 11.9. The average Bonchev–Trinajstić information content (AvgIpc) is 2.38. The van der Waals surface area contributed by atoms with E-state index in [0.29, 0.717) is 18.3 Å². The van der Waals surface area contributed by atoms with Gasteiger partial charge in [0.05, 0.1) is 5.92 Å². The van der Waals surface area contributed by atoms with E-state index in [1.165, 1.54) is 32.1 Å². The topological polar surface area (TPSA) is 66.4 Å². The summed E-state index contributed by atoms with van der Waals surface area (Å²) in [5.74, 6) is -0.375. The summed E-state index contributed by atoms with van der Waals surface area (Å²) in [5.41, 5.74) is 0. The number of hydrogen-bond acceptors (Lipinski definition) is 2. The van der Waals surface area contributed by atoms with Crippen LogP contribution in [0.25, 0.3) is 0 Å². The average molecular weight is 269 g/mol. The summed E-state index contributed by atoms with van der Waals surface area (Å²) in [6.07, 6.45) is 6.86. The van der Waals surface area contributed by atoms with Gasteiger partial charge < -0.3 is 10.4 Å². The number of carbonyl (C=O) groups excluding carboxylic acids is 1. The van der Waals surface area contributed by atoms with E-state index in [-0.39, 0.29) is 11.9 Å². The fourth-order valence-electron chi connectivity index (χ4n) is 2.81. The van der Waals surface area contributed by atoms with E-state index in [1.807, 2.05) is 0 Å². The van der Waals surface area contributed by atoms with Crippen LogP contribution in [0.5, 0.6) is 0 Å². The smallest absolute Gasteiger partial charge is 0.308 e. The second-order valence-electron chi connectivity index (χ2n) is 6.06. The Kier molecular flexibility index (Phi) is 6.32. The highest BCUT2D eigenvalue weighted by Crippen LogP contribution is 2.31. The van der Waals surface area contributed by atoms with E-state index in [4.69, 9.17) is 5.11 Å². The highest BCUT2D eigenvalue weighted by atomic mass is 16.4. The minimum Gasteiger partial charge on any atom is -0.481 e. The lowest BCUT2D eigenvalue weighted by Crippen LogP contribution is -2.40. The molecule has 4 heteroatoms. The number of carboxylic acids is 1. The third kappa shape index (κ3) is 5.21. The van der Waals surface area contributed by atoms with Crippen LogP contribution in [0, 0.1) is 17.8 Å². The summed E-state index contributed by atoms with van der Waals surface area (Å²) in [7, 11) is 0. The fraction of sp³-hybridized carbons (Fsp3) is 0.867. The van der Waals surface area contributed by atoms with Crippen molar-refractivity contribution >= 4 is 11.9 Å². The molecule has 0 heterocycles. The van der Waals surface area contributed by atoms with Crippen LogP contribution in [-0.4, -0.2) is 23.0 Å². The second kappa shape index (κ2) is 7.51. The van der Waals surface area contributed by atoms with Gasteiger partial charge in [-0.15, -0.1) is 0 Å². The molecule has 0 radical (unpaired) electrons. The van der Waals surface area contributed by atoms with E-state index in [9.17, 15) is 9.59 Å². The van der Waals surface area contributed by atoms with Gasteiger partial charge in [0, 0.05) is 12.5 Å². The molecule has 1 fully saturated rings. The van der Waals surface area contributed by atoms with Crippen molar-refractivity contribution < 1.29 is 14.7 Å². The number of amides is 1. The molecule has 1 amide bonds. The van der Waals surface area contributed by atoms with Gasteiger partial charge in [0.15, 0.2) is 0 Å². The molecule has 3 unspecified atom stereocenters. The summed E-state index contributed by atoms with van der Waals surface area (Å²) in [5, 5.41) is 11.7. The standard InChI is InChI=1S/C15H27NO3/c1-10(13-7-5-4-6-8-13)9-14(17)16-12(3)11(2)15(18)19/h10-13H,4-9H2,1-3H3,(H,16,17)(H,18,19). The van der Waals surface area contributed by atoms with Crippen LogP contribution < -0.4 is 5.32 Å². The highest BCUT2D eigenvalue weighted by Gasteiger charge is 2.25. The lowest BCUT2D eigenvalue weighted by Gasteiger charge is -2.28. The molecular weight excluding hydrogens is 242 g/mol. The molecule has 4 nitrogen and oxygen atoms in total. The van der Waals surface area contributed by atoms with Gasteiger partial charge in [-0.25, -0.2) is 0 Å². The monoisotopic (exact) mass is 269 g/mol. The molecule has 0 bridgehead atoms. The van der Waals surface area contributed by atoms with Crippen molar-refractivity contribution in [2.75, 3.05) is 0 Å². The lowest BCUT2D eigenvalue weighted by atomic mass is 9.79. The normalized spacial score (nSPS) is 21.4. The van der Waals surface area contributed by atoms with Crippen LogP contribution in [0.2, 0.25) is 0 Å². The zero-order valence-corrected chi connectivity index (χ0v) is 12.3. The first-order valence-electron chi connectivity index (χ1n) is 7.44. The van der Waals surface area contributed by atoms with Gasteiger partial charge in [0.1, 0.15) is 0 Å². The van der Waals surface area contributed by atoms with Crippen LogP contribution in [0.1, 0.15) is 59.3 Å². The van der Waals surface area contributed by atoms with E-state index in [2.05, 4.69) is 12.2 Å². The van der Waals surface area contributed by atoms with Crippen LogP contribution >= 0.6 is 0 Å². The predicted octanol–water partition coefficient (Wildman–Crippen LogP) is 2.82. The Morgan fingerprint density at radius 1 is 1.16 bits per heavy atom. The van der Waals surface area contributed by atoms with Crippen molar-refractivity contribution in [1.29, 1.82) is 0 Å². The largest absolute Gasteiger partial charge is 0.481 e. The maximum atomic E-state index is 11.9. The van der Waals surface area contributed by atoms with Gasteiger partial charge in [-0.1, -0.05) is 39.0 Å². The third-order valence-corrected chi connectivity index (χ3v) is 4.49. The highest BCUT2D eigenvalue weighted by molar-refractivity contribution is 5.78. The molecule has 0 aromatic heterocycles. The molecule has 0 saturated heterocycles. The van der Waals surface area contributed by atoms with Gasteiger partial charge in [-0.3, -0.25) is 9.59 Å². The van der Waals surface area contributed by atoms with Crippen molar-refractivity contribution in [3.8, 4) is 0 Å². The van der Waals surface area contributed by atoms with Crippen molar-refractivity contribution in [1.82, 2.24) is 5.32 Å². The van der Waals surface area contributed by atoms with Crippen molar-refractivity contribution in [3.05, 3.63) is 0 Å². The van der Waals surface area contributed by atoms with Gasteiger partial charge in [0.25, 0.3) is 0 Å². The molecule has 2 N–H and O–H groups in total. The lowest BCUT2D eigenvalue weighted by molar-refractivity contribution is -0.142. The van der Waals surface area contributed by atoms with Crippen molar-refractivity contribution in [3.63, 3.8) is 0 Å². The number of rotatable bonds is 6. The Bertz CT molecular complexity index is 311. The first-order valence-corrected chi connectivity index (χ1v) is 7.44. The number of carboxylic acid groups (broad SMARTS) is 1. The number of nitrogens with one attached hydrogen (secondary N) is 1. The second-order valence-corrected chi connectivity index (χ2v) is 6.06. The molecule has 0 aliphatic heterocycles. The molecule has 1 aliphatic rings. The van der Waals surface area contributed by atoms with Gasteiger partial charge in [-0.05, 0) is 25.7 Å². The maximum Gasteiger partial charge on any atom is 0.308 e. The molecule has 110 valence electrons. The first-order chi connectivity index (χ1) is 8.91. The molecule has 19 heavy (non-hydrogen) atoms. The Morgan fingerprint density at radius 3 is 2.26 bits per heavy atom. The Hall–Kier alpha value is -1.06. The molecule has 1 saturated carbocycles. The molecule has 1 aliphatic carbocycles. The number of hydrogen-bond donors (Lipinski definition) is 2. The van der Waals surface area contributed by atoms with Crippen LogP contribution in [0.4, 0.5) is 0 Å². The van der Waals surface area contributed by atoms with E-state index >= 15 is 0 Å². The molecule has 0 spiro atoms.